The van der Waals surface area contributed by atoms with Crippen LogP contribution in [0.4, 0.5) is 0 Å². The Labute approximate surface area is 73.9 Å². The maximum absolute atomic E-state index is 2.29. The van der Waals surface area contributed by atoms with Crippen molar-refractivity contribution in [3.63, 3.8) is 0 Å². The van der Waals surface area contributed by atoms with Gasteiger partial charge in [0.25, 0.3) is 0 Å². The maximum atomic E-state index is 2.29. The third-order valence-electron chi connectivity index (χ3n) is 2.58. The Hall–Kier alpha value is -1.04. The normalized spacial score (nSPS) is 20.7. The SMILES string of the molecule is Cc1cccc2c1CC(C)C=C2. The molecule has 1 aromatic carbocycles. The molecule has 0 nitrogen and oxygen atoms in total. The van der Waals surface area contributed by atoms with Gasteiger partial charge in [0, 0.05) is 0 Å². The van der Waals surface area contributed by atoms with Crippen LogP contribution in [0.3, 0.4) is 0 Å². The Morgan fingerprint density at radius 1 is 1.33 bits per heavy atom. The van der Waals surface area contributed by atoms with Crippen molar-refractivity contribution in [3.05, 3.63) is 41.0 Å². The van der Waals surface area contributed by atoms with Crippen molar-refractivity contribution in [2.24, 2.45) is 5.92 Å². The summed E-state index contributed by atoms with van der Waals surface area (Å²) in [6, 6.07) is 6.53. The van der Waals surface area contributed by atoms with Crippen molar-refractivity contribution in [3.8, 4) is 0 Å². The average molecular weight is 158 g/mol. The number of aryl methyl sites for hydroxylation is 1. The van der Waals surface area contributed by atoms with Crippen LogP contribution in [0.5, 0.6) is 0 Å². The summed E-state index contributed by atoms with van der Waals surface area (Å²) in [6.45, 7) is 4.47. The van der Waals surface area contributed by atoms with Gasteiger partial charge in [-0.05, 0) is 36.0 Å². The minimum atomic E-state index is 0.707. The molecule has 0 radical (unpaired) electrons. The maximum Gasteiger partial charge on any atom is -0.0210 e. The molecule has 62 valence electrons. The summed E-state index contributed by atoms with van der Waals surface area (Å²) in [6.07, 6.45) is 5.75. The Morgan fingerprint density at radius 3 is 3.00 bits per heavy atom. The highest BCUT2D eigenvalue weighted by molar-refractivity contribution is 5.58. The van der Waals surface area contributed by atoms with Gasteiger partial charge in [-0.3, -0.25) is 0 Å². The lowest BCUT2D eigenvalue weighted by Crippen LogP contribution is -2.04. The van der Waals surface area contributed by atoms with Crippen molar-refractivity contribution in [1.29, 1.82) is 0 Å². The van der Waals surface area contributed by atoms with E-state index in [0.29, 0.717) is 5.92 Å². The number of fused-ring (bicyclic) bond motifs is 1. The molecule has 0 amide bonds. The summed E-state index contributed by atoms with van der Waals surface area (Å²) in [5.41, 5.74) is 4.38. The van der Waals surface area contributed by atoms with Crippen LogP contribution in [-0.4, -0.2) is 0 Å². The van der Waals surface area contributed by atoms with Gasteiger partial charge < -0.3 is 0 Å². The zero-order chi connectivity index (χ0) is 8.55. The molecule has 1 unspecified atom stereocenters. The minimum absolute atomic E-state index is 0.707. The van der Waals surface area contributed by atoms with Gasteiger partial charge in [-0.2, -0.15) is 0 Å². The molecule has 0 saturated carbocycles. The van der Waals surface area contributed by atoms with Gasteiger partial charge in [-0.15, -0.1) is 0 Å². The first-order chi connectivity index (χ1) is 5.77. The quantitative estimate of drug-likeness (QED) is 0.544. The van der Waals surface area contributed by atoms with E-state index in [1.807, 2.05) is 0 Å². The van der Waals surface area contributed by atoms with Crippen molar-refractivity contribution < 1.29 is 0 Å². The summed E-state index contributed by atoms with van der Waals surface area (Å²) in [7, 11) is 0. The fourth-order valence-electron chi connectivity index (χ4n) is 1.82. The Kier molecular flexibility index (Phi) is 1.76. The number of allylic oxidation sites excluding steroid dienone is 1. The highest BCUT2D eigenvalue weighted by Gasteiger charge is 2.10. The molecule has 1 atom stereocenters. The van der Waals surface area contributed by atoms with Crippen LogP contribution in [0.1, 0.15) is 23.6 Å². The molecule has 0 fully saturated rings. The molecule has 0 aromatic heterocycles. The first-order valence-corrected chi connectivity index (χ1v) is 4.54. The topological polar surface area (TPSA) is 0 Å². The molecule has 1 aromatic rings. The lowest BCUT2D eigenvalue weighted by molar-refractivity contribution is 0.713. The fourth-order valence-corrected chi connectivity index (χ4v) is 1.82. The van der Waals surface area contributed by atoms with Crippen molar-refractivity contribution in [2.45, 2.75) is 20.3 Å². The summed E-state index contributed by atoms with van der Waals surface area (Å²) in [4.78, 5) is 0. The lowest BCUT2D eigenvalue weighted by atomic mass is 9.88. The van der Waals surface area contributed by atoms with Gasteiger partial charge >= 0.3 is 0 Å². The molecule has 1 aliphatic carbocycles. The van der Waals surface area contributed by atoms with Gasteiger partial charge in [0.05, 0.1) is 0 Å². The number of benzene rings is 1. The molecule has 0 heterocycles. The van der Waals surface area contributed by atoms with E-state index >= 15 is 0 Å². The second-order valence-corrected chi connectivity index (χ2v) is 3.68. The average Bonchev–Trinajstić information content (AvgIpc) is 2.07. The van der Waals surface area contributed by atoms with Crippen molar-refractivity contribution >= 4 is 6.08 Å². The second kappa shape index (κ2) is 2.78. The number of hydrogen-bond donors (Lipinski definition) is 0. The van der Waals surface area contributed by atoms with E-state index in [1.165, 1.54) is 23.1 Å². The predicted octanol–water partition coefficient (Wildman–Crippen LogP) is 3.20. The molecule has 0 aliphatic heterocycles. The molecule has 0 spiro atoms. The zero-order valence-corrected chi connectivity index (χ0v) is 7.67. The van der Waals surface area contributed by atoms with E-state index in [2.05, 4.69) is 44.2 Å². The molecule has 0 saturated heterocycles. The molecule has 12 heavy (non-hydrogen) atoms. The molecule has 0 bridgehead atoms. The minimum Gasteiger partial charge on any atom is -0.0808 e. The van der Waals surface area contributed by atoms with Crippen LogP contribution in [0, 0.1) is 12.8 Å². The largest absolute Gasteiger partial charge is 0.0808 e. The molecule has 2 rings (SSSR count). The molecule has 0 N–H and O–H groups in total. The first-order valence-electron chi connectivity index (χ1n) is 4.54. The van der Waals surface area contributed by atoms with Crippen LogP contribution in [-0.2, 0) is 6.42 Å². The van der Waals surface area contributed by atoms with Gasteiger partial charge in [-0.1, -0.05) is 37.3 Å². The third kappa shape index (κ3) is 1.18. The highest BCUT2D eigenvalue weighted by atomic mass is 14.2. The predicted molar refractivity (Wildman–Crippen MR) is 53.1 cm³/mol. The molecule has 1 aliphatic rings. The van der Waals surface area contributed by atoms with Gasteiger partial charge in [0.15, 0.2) is 0 Å². The summed E-state index contributed by atoms with van der Waals surface area (Å²) >= 11 is 0. The summed E-state index contributed by atoms with van der Waals surface area (Å²) in [5.74, 6) is 0.707. The third-order valence-corrected chi connectivity index (χ3v) is 2.58. The number of hydrogen-bond acceptors (Lipinski definition) is 0. The Balaban J connectivity index is 2.53. The van der Waals surface area contributed by atoms with Crippen LogP contribution < -0.4 is 0 Å². The van der Waals surface area contributed by atoms with Crippen LogP contribution in [0.25, 0.3) is 6.08 Å². The van der Waals surface area contributed by atoms with Gasteiger partial charge in [-0.25, -0.2) is 0 Å². The standard InChI is InChI=1S/C12H14/c1-9-6-7-11-5-3-4-10(2)12(11)8-9/h3-7,9H,8H2,1-2H3. The van der Waals surface area contributed by atoms with E-state index in [0.717, 1.165) is 0 Å². The summed E-state index contributed by atoms with van der Waals surface area (Å²) in [5, 5.41) is 0. The lowest BCUT2D eigenvalue weighted by Gasteiger charge is -2.17. The Bertz CT molecular complexity index is 321. The smallest absolute Gasteiger partial charge is 0.0210 e. The monoisotopic (exact) mass is 158 g/mol. The second-order valence-electron chi connectivity index (χ2n) is 3.68. The zero-order valence-electron chi connectivity index (χ0n) is 7.67. The molecular weight excluding hydrogens is 144 g/mol. The van der Waals surface area contributed by atoms with E-state index in [9.17, 15) is 0 Å². The van der Waals surface area contributed by atoms with E-state index < -0.39 is 0 Å². The van der Waals surface area contributed by atoms with E-state index in [1.54, 1.807) is 0 Å². The summed E-state index contributed by atoms with van der Waals surface area (Å²) < 4.78 is 0. The fraction of sp³-hybridized carbons (Fsp3) is 0.333. The van der Waals surface area contributed by atoms with Crippen molar-refractivity contribution in [1.82, 2.24) is 0 Å². The van der Waals surface area contributed by atoms with Crippen LogP contribution in [0.2, 0.25) is 0 Å². The molecular formula is C12H14. The first kappa shape index (κ1) is 7.60. The van der Waals surface area contributed by atoms with Crippen LogP contribution >= 0.6 is 0 Å². The van der Waals surface area contributed by atoms with Crippen LogP contribution in [0.15, 0.2) is 24.3 Å². The highest BCUT2D eigenvalue weighted by Crippen LogP contribution is 2.24. The van der Waals surface area contributed by atoms with Crippen molar-refractivity contribution in [2.75, 3.05) is 0 Å². The van der Waals surface area contributed by atoms with Gasteiger partial charge in [0.1, 0.15) is 0 Å². The Morgan fingerprint density at radius 2 is 2.17 bits per heavy atom. The van der Waals surface area contributed by atoms with E-state index in [4.69, 9.17) is 0 Å². The molecule has 0 heteroatoms. The van der Waals surface area contributed by atoms with E-state index in [-0.39, 0.29) is 0 Å². The number of rotatable bonds is 0. The van der Waals surface area contributed by atoms with Gasteiger partial charge in [0.2, 0.25) is 0 Å².